The van der Waals surface area contributed by atoms with Gasteiger partial charge in [0.2, 0.25) is 5.91 Å². The molecule has 0 radical (unpaired) electrons. The molecule has 22 heavy (non-hydrogen) atoms. The fraction of sp³-hybridized carbons (Fsp3) is 0.500. The zero-order chi connectivity index (χ0) is 15.7. The molecule has 0 unspecified atom stereocenters. The van der Waals surface area contributed by atoms with Crippen LogP contribution in [0.25, 0.3) is 0 Å². The SMILES string of the molecule is Cc1nc(C)c(CC(=O)N[C@H](c2cccs2)C2CC(O)C2)s1. The summed E-state index contributed by atoms with van der Waals surface area (Å²) < 4.78 is 0. The molecule has 118 valence electrons. The number of thiophene rings is 1. The molecule has 1 atom stereocenters. The van der Waals surface area contributed by atoms with E-state index in [1.807, 2.05) is 25.3 Å². The smallest absolute Gasteiger partial charge is 0.225 e. The zero-order valence-corrected chi connectivity index (χ0v) is 14.3. The summed E-state index contributed by atoms with van der Waals surface area (Å²) in [4.78, 5) is 19.0. The monoisotopic (exact) mass is 336 g/mol. The maximum Gasteiger partial charge on any atom is 0.225 e. The van der Waals surface area contributed by atoms with E-state index < -0.39 is 0 Å². The summed E-state index contributed by atoms with van der Waals surface area (Å²) in [7, 11) is 0. The molecule has 2 aromatic heterocycles. The second-order valence-corrected chi connectivity index (χ2v) is 8.13. The summed E-state index contributed by atoms with van der Waals surface area (Å²) in [5.74, 6) is 0.369. The van der Waals surface area contributed by atoms with Crippen molar-refractivity contribution in [2.75, 3.05) is 0 Å². The van der Waals surface area contributed by atoms with Gasteiger partial charge in [0.1, 0.15) is 0 Å². The molecule has 0 aliphatic heterocycles. The van der Waals surface area contributed by atoms with Crippen LogP contribution in [0.1, 0.15) is 39.3 Å². The highest BCUT2D eigenvalue weighted by Crippen LogP contribution is 2.39. The van der Waals surface area contributed by atoms with Crippen LogP contribution in [0.15, 0.2) is 17.5 Å². The lowest BCUT2D eigenvalue weighted by atomic mass is 9.76. The topological polar surface area (TPSA) is 62.2 Å². The Kier molecular flexibility index (Phi) is 4.61. The molecule has 2 heterocycles. The molecule has 0 aromatic carbocycles. The quantitative estimate of drug-likeness (QED) is 0.882. The molecular formula is C16H20N2O2S2. The third kappa shape index (κ3) is 3.39. The Morgan fingerprint density at radius 3 is 2.82 bits per heavy atom. The number of aliphatic hydroxyl groups excluding tert-OH is 1. The van der Waals surface area contributed by atoms with Gasteiger partial charge >= 0.3 is 0 Å². The molecule has 0 bridgehead atoms. The normalized spacial score (nSPS) is 22.1. The first kappa shape index (κ1) is 15.6. The highest BCUT2D eigenvalue weighted by Gasteiger charge is 2.36. The first-order valence-corrected chi connectivity index (χ1v) is 9.16. The van der Waals surface area contributed by atoms with Gasteiger partial charge in [0.15, 0.2) is 0 Å². The number of nitrogens with zero attached hydrogens (tertiary/aromatic N) is 1. The Hall–Kier alpha value is -1.24. The van der Waals surface area contributed by atoms with Crippen molar-refractivity contribution in [2.45, 2.75) is 45.3 Å². The Morgan fingerprint density at radius 2 is 2.27 bits per heavy atom. The van der Waals surface area contributed by atoms with Crippen LogP contribution in [0.5, 0.6) is 0 Å². The van der Waals surface area contributed by atoms with E-state index in [9.17, 15) is 9.90 Å². The Morgan fingerprint density at radius 1 is 1.50 bits per heavy atom. The third-order valence-electron chi connectivity index (χ3n) is 4.11. The molecule has 2 aromatic rings. The van der Waals surface area contributed by atoms with E-state index in [1.54, 1.807) is 22.7 Å². The number of carbonyl (C=O) groups excluding carboxylic acids is 1. The molecule has 2 N–H and O–H groups in total. The molecule has 3 rings (SSSR count). The minimum absolute atomic E-state index is 0.0187. The van der Waals surface area contributed by atoms with Crippen molar-refractivity contribution in [3.63, 3.8) is 0 Å². The van der Waals surface area contributed by atoms with Crippen LogP contribution in [0, 0.1) is 19.8 Å². The molecule has 1 aliphatic carbocycles. The van der Waals surface area contributed by atoms with Gasteiger partial charge in [0.05, 0.1) is 29.3 Å². The van der Waals surface area contributed by atoms with Gasteiger partial charge in [-0.15, -0.1) is 22.7 Å². The molecular weight excluding hydrogens is 316 g/mol. The van der Waals surface area contributed by atoms with E-state index in [2.05, 4.69) is 16.4 Å². The van der Waals surface area contributed by atoms with Gasteiger partial charge in [-0.3, -0.25) is 4.79 Å². The van der Waals surface area contributed by atoms with Gasteiger partial charge < -0.3 is 10.4 Å². The summed E-state index contributed by atoms with van der Waals surface area (Å²) in [6, 6.07) is 4.08. The van der Waals surface area contributed by atoms with Crippen molar-refractivity contribution in [1.29, 1.82) is 0 Å². The second kappa shape index (κ2) is 6.48. The van der Waals surface area contributed by atoms with E-state index >= 15 is 0 Å². The molecule has 1 saturated carbocycles. The van der Waals surface area contributed by atoms with Crippen molar-refractivity contribution in [3.8, 4) is 0 Å². The van der Waals surface area contributed by atoms with E-state index in [-0.39, 0.29) is 18.1 Å². The fourth-order valence-electron chi connectivity index (χ4n) is 2.90. The van der Waals surface area contributed by atoms with Crippen molar-refractivity contribution >= 4 is 28.6 Å². The number of rotatable bonds is 5. The lowest BCUT2D eigenvalue weighted by Gasteiger charge is -2.37. The van der Waals surface area contributed by atoms with Gasteiger partial charge in [0, 0.05) is 9.75 Å². The average molecular weight is 336 g/mol. The zero-order valence-electron chi connectivity index (χ0n) is 12.7. The van der Waals surface area contributed by atoms with Gasteiger partial charge in [-0.05, 0) is 44.1 Å². The molecule has 1 amide bonds. The van der Waals surface area contributed by atoms with Crippen molar-refractivity contribution in [1.82, 2.24) is 10.3 Å². The van der Waals surface area contributed by atoms with Crippen LogP contribution in [-0.4, -0.2) is 22.1 Å². The number of thiazole rings is 1. The summed E-state index contributed by atoms with van der Waals surface area (Å²) in [5, 5.41) is 15.7. The number of nitrogens with one attached hydrogen (secondary N) is 1. The summed E-state index contributed by atoms with van der Waals surface area (Å²) in [5.41, 5.74) is 0.949. The van der Waals surface area contributed by atoms with Gasteiger partial charge in [-0.25, -0.2) is 4.98 Å². The molecule has 0 saturated heterocycles. The van der Waals surface area contributed by atoms with Gasteiger partial charge in [0.25, 0.3) is 0 Å². The second-order valence-electron chi connectivity index (χ2n) is 5.86. The third-order valence-corrected chi connectivity index (χ3v) is 6.14. The predicted octanol–water partition coefficient (Wildman–Crippen LogP) is 2.99. The lowest BCUT2D eigenvalue weighted by molar-refractivity contribution is -0.122. The van der Waals surface area contributed by atoms with Gasteiger partial charge in [-0.2, -0.15) is 0 Å². The molecule has 4 nitrogen and oxygen atoms in total. The number of aromatic nitrogens is 1. The largest absolute Gasteiger partial charge is 0.393 e. The number of hydrogen-bond donors (Lipinski definition) is 2. The van der Waals surface area contributed by atoms with E-state index in [1.165, 1.54) is 4.88 Å². The van der Waals surface area contributed by atoms with E-state index in [0.29, 0.717) is 12.3 Å². The summed E-state index contributed by atoms with van der Waals surface area (Å²) >= 11 is 3.25. The molecule has 0 spiro atoms. The van der Waals surface area contributed by atoms with Crippen molar-refractivity contribution in [2.24, 2.45) is 5.92 Å². The number of carbonyl (C=O) groups is 1. The highest BCUT2D eigenvalue weighted by atomic mass is 32.1. The lowest BCUT2D eigenvalue weighted by Crippen LogP contribution is -2.41. The van der Waals surface area contributed by atoms with E-state index in [0.717, 1.165) is 28.4 Å². The Bertz CT molecular complexity index is 645. The Balaban J connectivity index is 1.68. The summed E-state index contributed by atoms with van der Waals surface area (Å²) in [6.07, 6.45) is 1.70. The van der Waals surface area contributed by atoms with Crippen molar-refractivity contribution in [3.05, 3.63) is 38.0 Å². The standard InChI is InChI=1S/C16H20N2O2S2/c1-9-14(22-10(2)17-9)8-15(20)18-16(11-6-12(19)7-11)13-4-3-5-21-13/h3-5,11-12,16,19H,6-8H2,1-2H3,(H,18,20)/t11?,12?,16-/m0/s1. The first-order chi connectivity index (χ1) is 10.5. The number of aliphatic hydroxyl groups is 1. The molecule has 1 aliphatic rings. The van der Waals surface area contributed by atoms with Gasteiger partial charge in [-0.1, -0.05) is 6.07 Å². The highest BCUT2D eigenvalue weighted by molar-refractivity contribution is 7.11. The molecule has 1 fully saturated rings. The van der Waals surface area contributed by atoms with Crippen LogP contribution in [-0.2, 0) is 11.2 Å². The number of aryl methyl sites for hydroxylation is 2. The first-order valence-electron chi connectivity index (χ1n) is 7.46. The van der Waals surface area contributed by atoms with Crippen LogP contribution in [0.4, 0.5) is 0 Å². The van der Waals surface area contributed by atoms with Crippen LogP contribution >= 0.6 is 22.7 Å². The van der Waals surface area contributed by atoms with Crippen molar-refractivity contribution < 1.29 is 9.90 Å². The Labute approximate surface area is 138 Å². The maximum atomic E-state index is 12.4. The average Bonchev–Trinajstić information content (AvgIpc) is 3.03. The number of hydrogen-bond acceptors (Lipinski definition) is 5. The predicted molar refractivity (Wildman–Crippen MR) is 89.2 cm³/mol. The minimum atomic E-state index is -0.212. The van der Waals surface area contributed by atoms with Crippen LogP contribution in [0.2, 0.25) is 0 Å². The fourth-order valence-corrected chi connectivity index (χ4v) is 4.70. The van der Waals surface area contributed by atoms with E-state index in [4.69, 9.17) is 0 Å². The number of amides is 1. The molecule has 6 heteroatoms. The minimum Gasteiger partial charge on any atom is -0.393 e. The summed E-state index contributed by atoms with van der Waals surface area (Å²) in [6.45, 7) is 3.91. The van der Waals surface area contributed by atoms with Crippen LogP contribution < -0.4 is 5.32 Å². The van der Waals surface area contributed by atoms with Crippen LogP contribution in [0.3, 0.4) is 0 Å². The maximum absolute atomic E-state index is 12.4.